The molecule has 1 amide bonds. The zero-order chi connectivity index (χ0) is 21.5. The number of ether oxygens (including phenoxy) is 3. The molecule has 4 rings (SSSR count). The van der Waals surface area contributed by atoms with Crippen molar-refractivity contribution in [3.05, 3.63) is 95.6 Å². The molecule has 31 heavy (non-hydrogen) atoms. The number of nitrogens with zero attached hydrogens (tertiary/aromatic N) is 1. The molecule has 0 radical (unpaired) electrons. The van der Waals surface area contributed by atoms with Crippen molar-refractivity contribution in [3.8, 4) is 11.5 Å². The van der Waals surface area contributed by atoms with Crippen molar-refractivity contribution >= 4 is 11.9 Å². The fourth-order valence-corrected chi connectivity index (χ4v) is 3.31. The molecule has 6 heteroatoms. The van der Waals surface area contributed by atoms with Crippen molar-refractivity contribution in [2.45, 2.75) is 13.1 Å². The molecule has 158 valence electrons. The van der Waals surface area contributed by atoms with E-state index in [0.717, 1.165) is 11.1 Å². The Morgan fingerprint density at radius 1 is 0.774 bits per heavy atom. The van der Waals surface area contributed by atoms with Crippen LogP contribution in [0.15, 0.2) is 78.9 Å². The largest absolute Gasteiger partial charge is 0.486 e. The Labute approximate surface area is 181 Å². The lowest BCUT2D eigenvalue weighted by atomic mass is 10.1. The topological polar surface area (TPSA) is 65.1 Å². The molecule has 1 heterocycles. The predicted octanol–water partition coefficient (Wildman–Crippen LogP) is 3.84. The Balaban J connectivity index is 1.42. The minimum absolute atomic E-state index is 0.265. The van der Waals surface area contributed by atoms with Crippen molar-refractivity contribution in [1.82, 2.24) is 4.90 Å². The van der Waals surface area contributed by atoms with E-state index in [1.54, 1.807) is 23.1 Å². The fourth-order valence-electron chi connectivity index (χ4n) is 3.31. The van der Waals surface area contributed by atoms with E-state index in [2.05, 4.69) is 0 Å². The van der Waals surface area contributed by atoms with E-state index < -0.39 is 5.97 Å². The zero-order valence-corrected chi connectivity index (χ0v) is 17.0. The SMILES string of the molecule is O=C(OCC(=O)N(Cc1ccccc1)Cc1ccccc1)c1ccc2c(c1)OCCO2. The molecule has 0 atom stereocenters. The molecule has 0 saturated carbocycles. The quantitative estimate of drug-likeness (QED) is 0.547. The molecule has 0 aromatic heterocycles. The van der Waals surface area contributed by atoms with Crippen LogP contribution >= 0.6 is 0 Å². The summed E-state index contributed by atoms with van der Waals surface area (Å²) in [5, 5.41) is 0. The third kappa shape index (κ3) is 5.42. The highest BCUT2D eigenvalue weighted by molar-refractivity contribution is 5.92. The molecule has 0 N–H and O–H groups in total. The van der Waals surface area contributed by atoms with Gasteiger partial charge in [-0.05, 0) is 29.3 Å². The number of carbonyl (C=O) groups is 2. The molecular formula is C25H23NO5. The van der Waals surface area contributed by atoms with Crippen molar-refractivity contribution in [2.24, 2.45) is 0 Å². The highest BCUT2D eigenvalue weighted by Gasteiger charge is 2.19. The summed E-state index contributed by atoms with van der Waals surface area (Å²) in [5.41, 5.74) is 2.32. The number of hydrogen-bond donors (Lipinski definition) is 0. The second-order valence-corrected chi connectivity index (χ2v) is 7.16. The van der Waals surface area contributed by atoms with Crippen LogP contribution in [-0.4, -0.2) is 36.6 Å². The van der Waals surface area contributed by atoms with Crippen LogP contribution in [0.3, 0.4) is 0 Å². The maximum atomic E-state index is 12.9. The molecule has 1 aliphatic rings. The van der Waals surface area contributed by atoms with Crippen LogP contribution < -0.4 is 9.47 Å². The summed E-state index contributed by atoms with van der Waals surface area (Å²) >= 11 is 0. The standard InChI is InChI=1S/C25H23NO5/c27-24(18-31-25(28)21-11-12-22-23(15-21)30-14-13-29-22)26(16-19-7-3-1-4-8-19)17-20-9-5-2-6-10-20/h1-12,15H,13-14,16-18H2. The monoisotopic (exact) mass is 417 g/mol. The van der Waals surface area contributed by atoms with E-state index in [1.807, 2.05) is 60.7 Å². The first kappa shape index (κ1) is 20.5. The summed E-state index contributed by atoms with van der Waals surface area (Å²) < 4.78 is 16.3. The molecular weight excluding hydrogens is 394 g/mol. The third-order valence-electron chi connectivity index (χ3n) is 4.89. The molecule has 6 nitrogen and oxygen atoms in total. The number of carbonyl (C=O) groups excluding carboxylic acids is 2. The summed E-state index contributed by atoms with van der Waals surface area (Å²) in [6, 6.07) is 24.3. The number of benzene rings is 3. The molecule has 0 aliphatic carbocycles. The first-order valence-electron chi connectivity index (χ1n) is 10.1. The minimum Gasteiger partial charge on any atom is -0.486 e. The number of esters is 1. The fraction of sp³-hybridized carbons (Fsp3) is 0.200. The van der Waals surface area contributed by atoms with Crippen LogP contribution in [0, 0.1) is 0 Å². The van der Waals surface area contributed by atoms with Crippen LogP contribution in [0.4, 0.5) is 0 Å². The van der Waals surface area contributed by atoms with E-state index in [-0.39, 0.29) is 12.5 Å². The molecule has 0 spiro atoms. The minimum atomic E-state index is -0.579. The van der Waals surface area contributed by atoms with Gasteiger partial charge >= 0.3 is 5.97 Å². The van der Waals surface area contributed by atoms with Gasteiger partial charge in [-0.2, -0.15) is 0 Å². The van der Waals surface area contributed by atoms with Gasteiger partial charge in [0.25, 0.3) is 5.91 Å². The van der Waals surface area contributed by atoms with Gasteiger partial charge in [-0.1, -0.05) is 60.7 Å². The first-order chi connectivity index (χ1) is 15.2. The van der Waals surface area contributed by atoms with Gasteiger partial charge in [0.1, 0.15) is 13.2 Å². The Hall–Kier alpha value is -3.80. The van der Waals surface area contributed by atoms with Crippen molar-refractivity contribution < 1.29 is 23.8 Å². The van der Waals surface area contributed by atoms with Gasteiger partial charge in [0.2, 0.25) is 0 Å². The van der Waals surface area contributed by atoms with Gasteiger partial charge in [0.05, 0.1) is 5.56 Å². The smallest absolute Gasteiger partial charge is 0.338 e. The summed E-state index contributed by atoms with van der Waals surface area (Å²) in [5.74, 6) is 0.251. The maximum absolute atomic E-state index is 12.9. The Bertz CT molecular complexity index is 995. The van der Waals surface area contributed by atoms with Gasteiger partial charge in [-0.25, -0.2) is 4.79 Å². The molecule has 3 aromatic rings. The van der Waals surface area contributed by atoms with E-state index in [1.165, 1.54) is 0 Å². The van der Waals surface area contributed by atoms with Gasteiger partial charge in [-0.3, -0.25) is 4.79 Å². The number of rotatable bonds is 7. The lowest BCUT2D eigenvalue weighted by Gasteiger charge is -2.23. The Morgan fingerprint density at radius 3 is 1.97 bits per heavy atom. The van der Waals surface area contributed by atoms with Crippen LogP contribution in [0.25, 0.3) is 0 Å². The lowest BCUT2D eigenvalue weighted by molar-refractivity contribution is -0.135. The van der Waals surface area contributed by atoms with E-state index in [4.69, 9.17) is 14.2 Å². The molecule has 0 bridgehead atoms. The van der Waals surface area contributed by atoms with Crippen LogP contribution in [0.2, 0.25) is 0 Å². The normalized spacial score (nSPS) is 12.1. The molecule has 1 aliphatic heterocycles. The van der Waals surface area contributed by atoms with Crippen LogP contribution in [0.1, 0.15) is 21.5 Å². The summed E-state index contributed by atoms with van der Waals surface area (Å²) in [6.45, 7) is 1.42. The first-order valence-corrected chi connectivity index (χ1v) is 10.1. The summed E-state index contributed by atoms with van der Waals surface area (Å²) in [6.07, 6.45) is 0. The molecule has 0 unspecified atom stereocenters. The second-order valence-electron chi connectivity index (χ2n) is 7.16. The molecule has 3 aromatic carbocycles. The van der Waals surface area contributed by atoms with Gasteiger partial charge in [0.15, 0.2) is 18.1 Å². The van der Waals surface area contributed by atoms with E-state index in [0.29, 0.717) is 43.4 Å². The van der Waals surface area contributed by atoms with Gasteiger partial charge in [0, 0.05) is 13.1 Å². The highest BCUT2D eigenvalue weighted by Crippen LogP contribution is 2.30. The molecule has 0 saturated heterocycles. The highest BCUT2D eigenvalue weighted by atomic mass is 16.6. The van der Waals surface area contributed by atoms with Gasteiger partial charge in [-0.15, -0.1) is 0 Å². The van der Waals surface area contributed by atoms with Gasteiger partial charge < -0.3 is 19.1 Å². The predicted molar refractivity (Wildman–Crippen MR) is 115 cm³/mol. The van der Waals surface area contributed by atoms with Crippen molar-refractivity contribution in [3.63, 3.8) is 0 Å². The van der Waals surface area contributed by atoms with Crippen LogP contribution in [0.5, 0.6) is 11.5 Å². The lowest BCUT2D eigenvalue weighted by Crippen LogP contribution is -2.34. The Morgan fingerprint density at radius 2 is 1.35 bits per heavy atom. The van der Waals surface area contributed by atoms with E-state index >= 15 is 0 Å². The maximum Gasteiger partial charge on any atom is 0.338 e. The third-order valence-corrected chi connectivity index (χ3v) is 4.89. The number of amides is 1. The second kappa shape index (κ2) is 9.80. The average molecular weight is 417 g/mol. The zero-order valence-electron chi connectivity index (χ0n) is 17.0. The molecule has 0 fully saturated rings. The van der Waals surface area contributed by atoms with Crippen molar-refractivity contribution in [1.29, 1.82) is 0 Å². The van der Waals surface area contributed by atoms with Crippen molar-refractivity contribution in [2.75, 3.05) is 19.8 Å². The van der Waals surface area contributed by atoms with Crippen LogP contribution in [-0.2, 0) is 22.6 Å². The number of hydrogen-bond acceptors (Lipinski definition) is 5. The summed E-state index contributed by atoms with van der Waals surface area (Å²) in [4.78, 5) is 27.1. The Kier molecular flexibility index (Phi) is 6.47. The average Bonchev–Trinajstić information content (AvgIpc) is 2.83. The number of fused-ring (bicyclic) bond motifs is 1. The van der Waals surface area contributed by atoms with E-state index in [9.17, 15) is 9.59 Å². The summed E-state index contributed by atoms with van der Waals surface area (Å²) in [7, 11) is 0.